The predicted molar refractivity (Wildman–Crippen MR) is 91.4 cm³/mol. The Morgan fingerprint density at radius 1 is 1.29 bits per heavy atom. The fourth-order valence-corrected chi connectivity index (χ4v) is 2.77. The van der Waals surface area contributed by atoms with Crippen LogP contribution in [-0.2, 0) is 11.3 Å². The molecular weight excluding hydrogens is 383 g/mol. The number of ether oxygens (including phenoxy) is 2. The van der Waals surface area contributed by atoms with E-state index < -0.39 is 29.3 Å². The maximum atomic E-state index is 12.5. The van der Waals surface area contributed by atoms with Gasteiger partial charge in [-0.05, 0) is 37.1 Å². The fraction of sp³-hybridized carbons (Fsp3) is 0.353. The van der Waals surface area contributed by atoms with E-state index in [-0.39, 0.29) is 23.9 Å². The zero-order valence-electron chi connectivity index (χ0n) is 14.4. The first-order chi connectivity index (χ1) is 13.2. The largest absolute Gasteiger partial charge is 0.573 e. The van der Waals surface area contributed by atoms with Gasteiger partial charge in [-0.3, -0.25) is 14.2 Å². The standard InChI is InChI=1S/C17H16F3N3O5/c18-17(19,20)28-11-5-3-10(4-6-11)22-14(24)13-8-21-16(26)23(15(13)25)9-12-2-1-7-27-12/h3-6,8,12H,1-2,7,9H2,(H,21,26)(H,22,24). The van der Waals surface area contributed by atoms with Gasteiger partial charge in [-0.2, -0.15) is 0 Å². The summed E-state index contributed by atoms with van der Waals surface area (Å²) in [7, 11) is 0. The molecule has 3 rings (SSSR count). The van der Waals surface area contributed by atoms with Crippen LogP contribution in [0.25, 0.3) is 0 Å². The summed E-state index contributed by atoms with van der Waals surface area (Å²) < 4.78 is 46.5. The van der Waals surface area contributed by atoms with Crippen molar-refractivity contribution in [1.29, 1.82) is 0 Å². The molecule has 28 heavy (non-hydrogen) atoms. The first-order valence-corrected chi connectivity index (χ1v) is 8.34. The van der Waals surface area contributed by atoms with Crippen LogP contribution >= 0.6 is 0 Å². The number of halogens is 3. The number of anilines is 1. The van der Waals surface area contributed by atoms with Crippen LogP contribution in [0.1, 0.15) is 23.2 Å². The highest BCUT2D eigenvalue weighted by molar-refractivity contribution is 6.03. The van der Waals surface area contributed by atoms with Crippen molar-refractivity contribution < 1.29 is 27.4 Å². The average molecular weight is 399 g/mol. The summed E-state index contributed by atoms with van der Waals surface area (Å²) in [6.07, 6.45) is -2.58. The van der Waals surface area contributed by atoms with Gasteiger partial charge in [0, 0.05) is 18.5 Å². The van der Waals surface area contributed by atoms with Crippen molar-refractivity contribution in [2.24, 2.45) is 0 Å². The van der Waals surface area contributed by atoms with Crippen molar-refractivity contribution >= 4 is 11.6 Å². The van der Waals surface area contributed by atoms with Crippen LogP contribution in [-0.4, -0.2) is 34.5 Å². The number of rotatable bonds is 5. The van der Waals surface area contributed by atoms with Crippen LogP contribution in [0.2, 0.25) is 0 Å². The molecule has 8 nitrogen and oxygen atoms in total. The molecule has 1 amide bonds. The first kappa shape index (κ1) is 19.7. The number of aromatic amines is 1. The predicted octanol–water partition coefficient (Wildman–Crippen LogP) is 1.87. The summed E-state index contributed by atoms with van der Waals surface area (Å²) in [4.78, 5) is 39.1. The third-order valence-corrected chi connectivity index (χ3v) is 4.06. The second-order valence-electron chi connectivity index (χ2n) is 6.08. The quantitative estimate of drug-likeness (QED) is 0.799. The van der Waals surface area contributed by atoms with E-state index in [1.54, 1.807) is 0 Å². The zero-order chi connectivity index (χ0) is 20.3. The van der Waals surface area contributed by atoms with Gasteiger partial charge in [-0.1, -0.05) is 0 Å². The molecule has 0 radical (unpaired) electrons. The summed E-state index contributed by atoms with van der Waals surface area (Å²) in [5, 5.41) is 2.39. The zero-order valence-corrected chi connectivity index (χ0v) is 14.4. The normalized spacial score (nSPS) is 16.8. The van der Waals surface area contributed by atoms with Gasteiger partial charge in [0.1, 0.15) is 11.3 Å². The Morgan fingerprint density at radius 3 is 2.61 bits per heavy atom. The molecule has 150 valence electrons. The second kappa shape index (κ2) is 7.89. The number of nitrogens with zero attached hydrogens (tertiary/aromatic N) is 1. The van der Waals surface area contributed by atoms with Gasteiger partial charge in [0.15, 0.2) is 0 Å². The minimum Gasteiger partial charge on any atom is -0.406 e. The van der Waals surface area contributed by atoms with E-state index in [0.29, 0.717) is 13.0 Å². The molecule has 1 aromatic carbocycles. The molecule has 2 aromatic rings. The third-order valence-electron chi connectivity index (χ3n) is 4.06. The molecule has 1 aromatic heterocycles. The number of aromatic nitrogens is 2. The van der Waals surface area contributed by atoms with E-state index in [1.807, 2.05) is 0 Å². The third kappa shape index (κ3) is 4.80. The maximum absolute atomic E-state index is 12.5. The van der Waals surface area contributed by atoms with Crippen LogP contribution in [0.15, 0.2) is 40.1 Å². The molecule has 0 saturated carbocycles. The average Bonchev–Trinajstić information content (AvgIpc) is 3.12. The second-order valence-corrected chi connectivity index (χ2v) is 6.08. The van der Waals surface area contributed by atoms with Crippen LogP contribution < -0.4 is 21.3 Å². The molecule has 0 aliphatic carbocycles. The molecule has 0 bridgehead atoms. The summed E-state index contributed by atoms with van der Waals surface area (Å²) in [6, 6.07) is 4.42. The van der Waals surface area contributed by atoms with Gasteiger partial charge in [-0.25, -0.2) is 4.79 Å². The minimum atomic E-state index is -4.82. The molecule has 1 fully saturated rings. The highest BCUT2D eigenvalue weighted by Crippen LogP contribution is 2.24. The monoisotopic (exact) mass is 399 g/mol. The van der Waals surface area contributed by atoms with Gasteiger partial charge >= 0.3 is 12.1 Å². The summed E-state index contributed by atoms with van der Waals surface area (Å²) in [6.45, 7) is 0.574. The smallest absolute Gasteiger partial charge is 0.406 e. The van der Waals surface area contributed by atoms with E-state index in [4.69, 9.17) is 4.74 Å². The fourth-order valence-electron chi connectivity index (χ4n) is 2.77. The number of carbonyl (C=O) groups is 1. The highest BCUT2D eigenvalue weighted by atomic mass is 19.4. The maximum Gasteiger partial charge on any atom is 0.573 e. The Hall–Kier alpha value is -3.08. The molecule has 1 saturated heterocycles. The van der Waals surface area contributed by atoms with Crippen LogP contribution in [0.3, 0.4) is 0 Å². The van der Waals surface area contributed by atoms with E-state index in [2.05, 4.69) is 15.0 Å². The van der Waals surface area contributed by atoms with Crippen molar-refractivity contribution in [1.82, 2.24) is 9.55 Å². The van der Waals surface area contributed by atoms with E-state index in [1.165, 1.54) is 12.1 Å². The van der Waals surface area contributed by atoms with Gasteiger partial charge in [0.2, 0.25) is 0 Å². The van der Waals surface area contributed by atoms with Crippen molar-refractivity contribution in [2.45, 2.75) is 31.9 Å². The van der Waals surface area contributed by atoms with Crippen LogP contribution in [0.5, 0.6) is 5.75 Å². The van der Waals surface area contributed by atoms with Gasteiger partial charge < -0.3 is 19.8 Å². The Kier molecular flexibility index (Phi) is 5.54. The van der Waals surface area contributed by atoms with Crippen LogP contribution in [0, 0.1) is 0 Å². The van der Waals surface area contributed by atoms with Crippen molar-refractivity contribution in [3.8, 4) is 5.75 Å². The lowest BCUT2D eigenvalue weighted by atomic mass is 10.2. The number of alkyl halides is 3. The number of benzene rings is 1. The minimum absolute atomic E-state index is 0.0266. The number of H-pyrrole nitrogens is 1. The number of nitrogens with one attached hydrogen (secondary N) is 2. The summed E-state index contributed by atoms with van der Waals surface area (Å²) in [5.74, 6) is -1.26. The summed E-state index contributed by atoms with van der Waals surface area (Å²) in [5.41, 5.74) is -1.61. The summed E-state index contributed by atoms with van der Waals surface area (Å²) >= 11 is 0. The van der Waals surface area contributed by atoms with Gasteiger partial charge in [0.05, 0.1) is 12.6 Å². The Morgan fingerprint density at radius 2 is 2.00 bits per heavy atom. The highest BCUT2D eigenvalue weighted by Gasteiger charge is 2.31. The molecule has 2 N–H and O–H groups in total. The Labute approximate surface area is 155 Å². The SMILES string of the molecule is O=C(Nc1ccc(OC(F)(F)F)cc1)c1c[nH]c(=O)n(CC2CCCO2)c1=O. The number of carbonyl (C=O) groups excluding carboxylic acids is 1. The molecule has 0 spiro atoms. The van der Waals surface area contributed by atoms with Crippen molar-refractivity contribution in [2.75, 3.05) is 11.9 Å². The molecule has 2 heterocycles. The number of amides is 1. The topological polar surface area (TPSA) is 102 Å². The van der Waals surface area contributed by atoms with Crippen molar-refractivity contribution in [3.63, 3.8) is 0 Å². The lowest BCUT2D eigenvalue weighted by molar-refractivity contribution is -0.274. The van der Waals surface area contributed by atoms with E-state index >= 15 is 0 Å². The molecule has 1 atom stereocenters. The lowest BCUT2D eigenvalue weighted by Gasteiger charge is -2.12. The number of hydrogen-bond donors (Lipinski definition) is 2. The number of hydrogen-bond acceptors (Lipinski definition) is 5. The molecular formula is C17H16F3N3O5. The molecule has 1 aliphatic rings. The first-order valence-electron chi connectivity index (χ1n) is 8.34. The van der Waals surface area contributed by atoms with Crippen molar-refractivity contribution in [3.05, 3.63) is 56.9 Å². The molecule has 1 unspecified atom stereocenters. The Bertz CT molecular complexity index is 960. The van der Waals surface area contributed by atoms with Gasteiger partial charge in [0.25, 0.3) is 11.5 Å². The molecule has 1 aliphatic heterocycles. The lowest BCUT2D eigenvalue weighted by Crippen LogP contribution is -2.41. The van der Waals surface area contributed by atoms with Crippen LogP contribution in [0.4, 0.5) is 18.9 Å². The van der Waals surface area contributed by atoms with Gasteiger partial charge in [-0.15, -0.1) is 13.2 Å². The van der Waals surface area contributed by atoms with E-state index in [9.17, 15) is 27.6 Å². The van der Waals surface area contributed by atoms with E-state index in [0.717, 1.165) is 29.3 Å². The molecule has 11 heteroatoms. The Balaban J connectivity index is 1.75.